The maximum absolute atomic E-state index is 14.2. The molecule has 2 rings (SSSR count). The van der Waals surface area contributed by atoms with Gasteiger partial charge in [-0.1, -0.05) is 6.07 Å². The Balaban J connectivity index is 2.52. The van der Waals surface area contributed by atoms with Crippen LogP contribution < -0.4 is 5.32 Å². The van der Waals surface area contributed by atoms with Gasteiger partial charge in [0.05, 0.1) is 6.04 Å². The Hall–Kier alpha value is -1.74. The summed E-state index contributed by atoms with van der Waals surface area (Å²) in [5.41, 5.74) is 3.62. The van der Waals surface area contributed by atoms with E-state index in [0.717, 1.165) is 16.7 Å². The third kappa shape index (κ3) is 2.41. The highest BCUT2D eigenvalue weighted by Gasteiger charge is 2.18. The van der Waals surface area contributed by atoms with Crippen molar-refractivity contribution in [2.45, 2.75) is 19.9 Å². The summed E-state index contributed by atoms with van der Waals surface area (Å²) in [6.07, 6.45) is 3.45. The molecule has 1 aromatic heterocycles. The summed E-state index contributed by atoms with van der Waals surface area (Å²) in [5, 5.41) is 3.17. The van der Waals surface area contributed by atoms with E-state index in [4.69, 9.17) is 0 Å². The molecule has 0 radical (unpaired) electrons. The molecular weight excluding hydrogens is 227 g/mol. The Bertz CT molecular complexity index is 514. The first-order valence-corrected chi connectivity index (χ1v) is 5.97. The van der Waals surface area contributed by atoms with Gasteiger partial charge in [-0.3, -0.25) is 4.98 Å². The fourth-order valence-corrected chi connectivity index (χ4v) is 2.33. The minimum Gasteiger partial charge on any atom is -0.309 e. The molecular formula is C15H17FN2. The predicted octanol–water partition coefficient (Wildman–Crippen LogP) is 3.15. The van der Waals surface area contributed by atoms with E-state index in [1.165, 1.54) is 0 Å². The summed E-state index contributed by atoms with van der Waals surface area (Å²) in [4.78, 5) is 3.99. The van der Waals surface area contributed by atoms with Crippen molar-refractivity contribution < 1.29 is 4.39 Å². The lowest BCUT2D eigenvalue weighted by Gasteiger charge is -2.20. The maximum Gasteiger partial charge on any atom is 0.128 e. The Morgan fingerprint density at radius 2 is 1.83 bits per heavy atom. The van der Waals surface area contributed by atoms with Crippen LogP contribution in [0.1, 0.15) is 28.3 Å². The molecule has 0 saturated heterocycles. The van der Waals surface area contributed by atoms with E-state index in [9.17, 15) is 4.39 Å². The first-order chi connectivity index (χ1) is 8.63. The fourth-order valence-electron chi connectivity index (χ4n) is 2.33. The fraction of sp³-hybridized carbons (Fsp3) is 0.267. The Morgan fingerprint density at radius 1 is 1.17 bits per heavy atom. The van der Waals surface area contributed by atoms with Gasteiger partial charge >= 0.3 is 0 Å². The van der Waals surface area contributed by atoms with Gasteiger partial charge < -0.3 is 5.32 Å². The van der Waals surface area contributed by atoms with Gasteiger partial charge in [0.2, 0.25) is 0 Å². The van der Waals surface area contributed by atoms with Crippen LogP contribution in [-0.4, -0.2) is 12.0 Å². The van der Waals surface area contributed by atoms with Crippen molar-refractivity contribution in [1.29, 1.82) is 0 Å². The van der Waals surface area contributed by atoms with Crippen molar-refractivity contribution in [2.24, 2.45) is 0 Å². The molecule has 0 aliphatic heterocycles. The van der Waals surface area contributed by atoms with Gasteiger partial charge in [0, 0.05) is 18.0 Å². The van der Waals surface area contributed by atoms with Crippen LogP contribution in [0.15, 0.2) is 36.7 Å². The molecule has 0 saturated carbocycles. The normalized spacial score (nSPS) is 12.4. The molecule has 2 nitrogen and oxygen atoms in total. The predicted molar refractivity (Wildman–Crippen MR) is 71.0 cm³/mol. The molecule has 94 valence electrons. The molecule has 0 aliphatic carbocycles. The molecule has 1 unspecified atom stereocenters. The van der Waals surface area contributed by atoms with E-state index >= 15 is 0 Å². The molecule has 1 heterocycles. The first-order valence-electron chi connectivity index (χ1n) is 5.97. The summed E-state index contributed by atoms with van der Waals surface area (Å²) < 4.78 is 14.2. The van der Waals surface area contributed by atoms with Crippen LogP contribution in [0, 0.1) is 19.7 Å². The second-order valence-corrected chi connectivity index (χ2v) is 4.48. The summed E-state index contributed by atoms with van der Waals surface area (Å²) in [7, 11) is 1.84. The van der Waals surface area contributed by atoms with Crippen LogP contribution in [0.4, 0.5) is 4.39 Å². The van der Waals surface area contributed by atoms with E-state index in [-0.39, 0.29) is 11.9 Å². The van der Waals surface area contributed by atoms with Crippen molar-refractivity contribution in [3.63, 3.8) is 0 Å². The van der Waals surface area contributed by atoms with Gasteiger partial charge in [0.1, 0.15) is 5.82 Å². The number of rotatable bonds is 3. The topological polar surface area (TPSA) is 24.9 Å². The minimum absolute atomic E-state index is 0.145. The highest BCUT2D eigenvalue weighted by Crippen LogP contribution is 2.27. The molecule has 18 heavy (non-hydrogen) atoms. The number of halogens is 1. The van der Waals surface area contributed by atoms with Crippen molar-refractivity contribution in [2.75, 3.05) is 7.05 Å². The third-order valence-electron chi connectivity index (χ3n) is 3.10. The van der Waals surface area contributed by atoms with E-state index in [2.05, 4.69) is 10.3 Å². The second-order valence-electron chi connectivity index (χ2n) is 4.48. The lowest BCUT2D eigenvalue weighted by molar-refractivity contribution is 0.572. The van der Waals surface area contributed by atoms with Crippen LogP contribution in [0.5, 0.6) is 0 Å². The van der Waals surface area contributed by atoms with E-state index in [1.807, 2.05) is 39.1 Å². The van der Waals surface area contributed by atoms with E-state index in [1.54, 1.807) is 18.5 Å². The van der Waals surface area contributed by atoms with Crippen LogP contribution in [-0.2, 0) is 0 Å². The number of hydrogen-bond donors (Lipinski definition) is 1. The van der Waals surface area contributed by atoms with E-state index in [0.29, 0.717) is 5.56 Å². The summed E-state index contributed by atoms with van der Waals surface area (Å²) in [6, 6.07) is 7.24. The zero-order valence-corrected chi connectivity index (χ0v) is 10.9. The molecule has 0 spiro atoms. The molecule has 2 aromatic rings. The van der Waals surface area contributed by atoms with Gasteiger partial charge in [-0.05, 0) is 55.8 Å². The Labute approximate surface area is 107 Å². The SMILES string of the molecule is CNC(c1ccncc1)c1c(C)cc(C)cc1F. The monoisotopic (exact) mass is 244 g/mol. The van der Waals surface area contributed by atoms with Crippen LogP contribution in [0.25, 0.3) is 0 Å². The minimum atomic E-state index is -0.163. The number of nitrogens with one attached hydrogen (secondary N) is 1. The van der Waals surface area contributed by atoms with E-state index < -0.39 is 0 Å². The molecule has 3 heteroatoms. The number of benzene rings is 1. The van der Waals surface area contributed by atoms with Crippen LogP contribution in [0.2, 0.25) is 0 Å². The average molecular weight is 244 g/mol. The van der Waals surface area contributed by atoms with Crippen molar-refractivity contribution in [3.05, 3.63) is 64.7 Å². The maximum atomic E-state index is 14.2. The molecule has 1 N–H and O–H groups in total. The second kappa shape index (κ2) is 5.27. The van der Waals surface area contributed by atoms with Crippen molar-refractivity contribution >= 4 is 0 Å². The Kier molecular flexibility index (Phi) is 3.72. The van der Waals surface area contributed by atoms with Gasteiger partial charge in [-0.25, -0.2) is 4.39 Å². The van der Waals surface area contributed by atoms with Crippen LogP contribution in [0.3, 0.4) is 0 Å². The molecule has 1 aromatic carbocycles. The number of nitrogens with zero attached hydrogens (tertiary/aromatic N) is 1. The zero-order valence-electron chi connectivity index (χ0n) is 10.9. The van der Waals surface area contributed by atoms with Crippen molar-refractivity contribution in [3.8, 4) is 0 Å². The van der Waals surface area contributed by atoms with Crippen LogP contribution >= 0.6 is 0 Å². The van der Waals surface area contributed by atoms with Gasteiger partial charge in [0.25, 0.3) is 0 Å². The number of pyridine rings is 1. The van der Waals surface area contributed by atoms with Gasteiger partial charge in [-0.2, -0.15) is 0 Å². The van der Waals surface area contributed by atoms with Crippen molar-refractivity contribution in [1.82, 2.24) is 10.3 Å². The highest BCUT2D eigenvalue weighted by atomic mass is 19.1. The zero-order chi connectivity index (χ0) is 13.1. The summed E-state index contributed by atoms with van der Waals surface area (Å²) in [5.74, 6) is -0.163. The largest absolute Gasteiger partial charge is 0.309 e. The number of aryl methyl sites for hydroxylation is 2. The molecule has 0 aliphatic rings. The van der Waals surface area contributed by atoms with Gasteiger partial charge in [0.15, 0.2) is 0 Å². The number of hydrogen-bond acceptors (Lipinski definition) is 2. The average Bonchev–Trinajstić information content (AvgIpc) is 2.34. The quantitative estimate of drug-likeness (QED) is 0.897. The lowest BCUT2D eigenvalue weighted by atomic mass is 9.94. The lowest BCUT2D eigenvalue weighted by Crippen LogP contribution is -2.20. The summed E-state index contributed by atoms with van der Waals surface area (Å²) >= 11 is 0. The molecule has 0 bridgehead atoms. The standard InChI is InChI=1S/C15H17FN2/c1-10-8-11(2)14(13(16)9-10)15(17-3)12-4-6-18-7-5-12/h4-9,15,17H,1-3H3. The molecule has 1 atom stereocenters. The first kappa shape index (κ1) is 12.7. The third-order valence-corrected chi connectivity index (χ3v) is 3.10. The molecule has 0 amide bonds. The highest BCUT2D eigenvalue weighted by molar-refractivity contribution is 5.39. The van der Waals surface area contributed by atoms with Gasteiger partial charge in [-0.15, -0.1) is 0 Å². The Morgan fingerprint density at radius 3 is 2.39 bits per heavy atom. The summed E-state index contributed by atoms with van der Waals surface area (Å²) in [6.45, 7) is 3.84. The smallest absolute Gasteiger partial charge is 0.128 e. The molecule has 0 fully saturated rings. The number of aromatic nitrogens is 1.